The Morgan fingerprint density at radius 1 is 1.16 bits per heavy atom. The summed E-state index contributed by atoms with van der Waals surface area (Å²) in [4.78, 5) is 16.8. The molecule has 4 aliphatic rings. The Morgan fingerprint density at radius 3 is 2.60 bits per heavy atom. The largest absolute Gasteiger partial charge is 0.272 e. The van der Waals surface area contributed by atoms with Crippen molar-refractivity contribution in [3.63, 3.8) is 0 Å². The monoisotopic (exact) mass is 371 g/mol. The second-order valence-corrected chi connectivity index (χ2v) is 9.87. The Kier molecular flexibility index (Phi) is 4.05. The molecule has 1 heterocycles. The number of hydrazone groups is 1. The highest BCUT2D eigenvalue weighted by Crippen LogP contribution is 2.52. The molecule has 0 atom stereocenters. The van der Waals surface area contributed by atoms with E-state index < -0.39 is 0 Å². The van der Waals surface area contributed by atoms with E-state index in [4.69, 9.17) is 0 Å². The van der Waals surface area contributed by atoms with Gasteiger partial charge in [-0.2, -0.15) is 5.10 Å². The van der Waals surface area contributed by atoms with Crippen molar-refractivity contribution in [2.45, 2.75) is 36.4 Å². The van der Waals surface area contributed by atoms with Crippen LogP contribution in [0.3, 0.4) is 0 Å². The van der Waals surface area contributed by atoms with Crippen molar-refractivity contribution in [2.75, 3.05) is 5.75 Å². The third kappa shape index (κ3) is 3.10. The lowest BCUT2D eigenvalue weighted by Crippen LogP contribution is -2.46. The Morgan fingerprint density at radius 2 is 1.88 bits per heavy atom. The second-order valence-electron chi connectivity index (χ2n) is 7.61. The molecule has 4 bridgehead atoms. The predicted molar refractivity (Wildman–Crippen MR) is 103 cm³/mol. The minimum Gasteiger partial charge on any atom is -0.272 e. The smallest absolute Gasteiger partial charge is 0.250 e. The molecule has 0 saturated heterocycles. The van der Waals surface area contributed by atoms with Gasteiger partial charge in [0.05, 0.1) is 16.0 Å². The van der Waals surface area contributed by atoms with E-state index in [-0.39, 0.29) is 5.91 Å². The first-order valence-corrected chi connectivity index (χ1v) is 10.9. The number of hydrogen-bond donors (Lipinski definition) is 1. The van der Waals surface area contributed by atoms with Gasteiger partial charge in [-0.3, -0.25) is 4.79 Å². The number of benzene rings is 1. The van der Waals surface area contributed by atoms with Gasteiger partial charge >= 0.3 is 0 Å². The lowest BCUT2D eigenvalue weighted by molar-refractivity contribution is -0.118. The number of nitrogens with one attached hydrogen (secondary N) is 1. The first-order chi connectivity index (χ1) is 12.2. The lowest BCUT2D eigenvalue weighted by atomic mass is 9.55. The molecule has 4 aliphatic carbocycles. The van der Waals surface area contributed by atoms with Crippen molar-refractivity contribution in [1.82, 2.24) is 10.4 Å². The summed E-state index contributed by atoms with van der Waals surface area (Å²) in [5, 5.41) is 4.56. The van der Waals surface area contributed by atoms with Gasteiger partial charge in [0.1, 0.15) is 0 Å². The van der Waals surface area contributed by atoms with Crippen molar-refractivity contribution in [2.24, 2.45) is 28.8 Å². The molecule has 0 spiro atoms. The molecule has 0 aliphatic heterocycles. The zero-order valence-electron chi connectivity index (χ0n) is 14.0. The Balaban J connectivity index is 1.19. The summed E-state index contributed by atoms with van der Waals surface area (Å²) >= 11 is 3.14. The van der Waals surface area contributed by atoms with Gasteiger partial charge in [-0.05, 0) is 67.9 Å². The van der Waals surface area contributed by atoms with Gasteiger partial charge in [0.2, 0.25) is 0 Å². The second kappa shape index (κ2) is 6.40. The summed E-state index contributed by atoms with van der Waals surface area (Å²) in [7, 11) is 0. The van der Waals surface area contributed by atoms with E-state index in [2.05, 4.69) is 21.6 Å². The molecule has 4 fully saturated rings. The first-order valence-electron chi connectivity index (χ1n) is 9.09. The fourth-order valence-electron chi connectivity index (χ4n) is 5.05. The summed E-state index contributed by atoms with van der Waals surface area (Å²) in [6, 6.07) is 8.08. The number of fused-ring (bicyclic) bond motifs is 1. The Labute approximate surface area is 155 Å². The fourth-order valence-corrected chi connectivity index (χ4v) is 6.91. The molecule has 1 amide bonds. The molecule has 25 heavy (non-hydrogen) atoms. The average Bonchev–Trinajstić information content (AvgIpc) is 3.02. The summed E-state index contributed by atoms with van der Waals surface area (Å²) in [6.07, 6.45) is 6.61. The average molecular weight is 372 g/mol. The molecule has 0 unspecified atom stereocenters. The van der Waals surface area contributed by atoms with Crippen LogP contribution in [0.25, 0.3) is 10.2 Å². The van der Waals surface area contributed by atoms with E-state index >= 15 is 0 Å². The van der Waals surface area contributed by atoms with Crippen LogP contribution < -0.4 is 5.43 Å². The Hall–Kier alpha value is -1.40. The lowest BCUT2D eigenvalue weighted by Gasteiger charge is -2.50. The van der Waals surface area contributed by atoms with Crippen LogP contribution in [-0.2, 0) is 4.79 Å². The van der Waals surface area contributed by atoms with Gasteiger partial charge < -0.3 is 0 Å². The van der Waals surface area contributed by atoms with E-state index in [1.54, 1.807) is 11.3 Å². The Bertz CT molecular complexity index is 781. The molecule has 0 radical (unpaired) electrons. The van der Waals surface area contributed by atoms with E-state index in [0.29, 0.717) is 17.6 Å². The standard InChI is InChI=1S/C19H21N3OS2/c23-17(10-24-19-20-15-3-1-2-4-16(15)25-19)21-22-18-13-6-11-5-12(8-13)9-14(18)7-11/h1-4,11-14H,5-10H2,(H,21,23). The van der Waals surface area contributed by atoms with E-state index in [1.165, 1.54) is 54.3 Å². The van der Waals surface area contributed by atoms with Crippen LogP contribution in [0.5, 0.6) is 0 Å². The maximum Gasteiger partial charge on any atom is 0.250 e. The van der Waals surface area contributed by atoms with Crippen molar-refractivity contribution in [3.05, 3.63) is 24.3 Å². The molecular weight excluding hydrogens is 350 g/mol. The number of hydrogen-bond acceptors (Lipinski definition) is 5. The molecule has 1 aromatic carbocycles. The van der Waals surface area contributed by atoms with Gasteiger partial charge in [0.15, 0.2) is 4.34 Å². The number of para-hydroxylation sites is 1. The number of aromatic nitrogens is 1. The molecule has 6 heteroatoms. The number of carbonyl (C=O) groups excluding carboxylic acids is 1. The number of thioether (sulfide) groups is 1. The number of amides is 1. The summed E-state index contributed by atoms with van der Waals surface area (Å²) in [5.41, 5.74) is 5.11. The highest BCUT2D eigenvalue weighted by Gasteiger charge is 2.46. The highest BCUT2D eigenvalue weighted by atomic mass is 32.2. The minimum atomic E-state index is -0.0226. The van der Waals surface area contributed by atoms with E-state index in [9.17, 15) is 4.79 Å². The summed E-state index contributed by atoms with van der Waals surface area (Å²) < 4.78 is 2.11. The summed E-state index contributed by atoms with van der Waals surface area (Å²) in [5.74, 6) is 3.46. The first kappa shape index (κ1) is 15.8. The zero-order valence-corrected chi connectivity index (χ0v) is 15.6. The molecule has 130 valence electrons. The van der Waals surface area contributed by atoms with Crippen LogP contribution >= 0.6 is 23.1 Å². The molecule has 6 rings (SSSR count). The quantitative estimate of drug-likeness (QED) is 0.643. The maximum absolute atomic E-state index is 12.2. The van der Waals surface area contributed by atoms with E-state index in [1.807, 2.05) is 18.2 Å². The van der Waals surface area contributed by atoms with Crippen molar-refractivity contribution < 1.29 is 4.79 Å². The highest BCUT2D eigenvalue weighted by molar-refractivity contribution is 8.01. The van der Waals surface area contributed by atoms with Gasteiger partial charge in [0, 0.05) is 5.71 Å². The van der Waals surface area contributed by atoms with Crippen molar-refractivity contribution >= 4 is 44.9 Å². The van der Waals surface area contributed by atoms with Gasteiger partial charge in [-0.25, -0.2) is 10.4 Å². The van der Waals surface area contributed by atoms with Crippen LogP contribution in [0.15, 0.2) is 33.7 Å². The van der Waals surface area contributed by atoms with Crippen LogP contribution in [0.2, 0.25) is 0 Å². The molecule has 4 nitrogen and oxygen atoms in total. The van der Waals surface area contributed by atoms with Crippen LogP contribution in [0, 0.1) is 23.7 Å². The predicted octanol–water partition coefficient (Wildman–Crippen LogP) is 4.32. The topological polar surface area (TPSA) is 54.4 Å². The zero-order chi connectivity index (χ0) is 16.8. The van der Waals surface area contributed by atoms with Gasteiger partial charge in [0.25, 0.3) is 5.91 Å². The third-order valence-corrected chi connectivity index (χ3v) is 8.06. The summed E-state index contributed by atoms with van der Waals surface area (Å²) in [6.45, 7) is 0. The maximum atomic E-state index is 12.2. The van der Waals surface area contributed by atoms with Crippen LogP contribution in [0.1, 0.15) is 32.1 Å². The number of thiazole rings is 1. The SMILES string of the molecule is O=C(CSc1nc2ccccc2s1)NN=C1C2CC3CC(C2)CC1C3. The van der Waals surface area contributed by atoms with Crippen molar-refractivity contribution in [3.8, 4) is 0 Å². The third-order valence-electron chi connectivity index (χ3n) is 5.89. The van der Waals surface area contributed by atoms with Crippen LogP contribution in [0.4, 0.5) is 0 Å². The molecule has 4 saturated carbocycles. The van der Waals surface area contributed by atoms with Gasteiger partial charge in [-0.15, -0.1) is 11.3 Å². The molecular formula is C19H21N3OS2. The van der Waals surface area contributed by atoms with Gasteiger partial charge in [-0.1, -0.05) is 23.9 Å². The number of rotatable bonds is 4. The molecule has 2 aromatic rings. The number of carbonyl (C=O) groups is 1. The molecule has 1 aromatic heterocycles. The normalized spacial score (nSPS) is 30.0. The number of nitrogens with zero attached hydrogens (tertiary/aromatic N) is 2. The van der Waals surface area contributed by atoms with Crippen LogP contribution in [-0.4, -0.2) is 22.4 Å². The fraction of sp³-hybridized carbons (Fsp3) is 0.526. The van der Waals surface area contributed by atoms with Crippen molar-refractivity contribution in [1.29, 1.82) is 0 Å². The molecule has 1 N–H and O–H groups in total. The van der Waals surface area contributed by atoms with E-state index in [0.717, 1.165) is 21.7 Å². The minimum absolute atomic E-state index is 0.0226.